The monoisotopic (exact) mass is 239 g/mol. The van der Waals surface area contributed by atoms with Crippen LogP contribution in [0.1, 0.15) is 25.7 Å². The standard InChI is InChI=1S/C12H21N3O2/c16-11-9-13-5-4-8-15(11)10-12(17)14-6-2-1-3-7-14/h13H,1-10H2. The van der Waals surface area contributed by atoms with Crippen molar-refractivity contribution < 1.29 is 9.59 Å². The van der Waals surface area contributed by atoms with E-state index in [0.717, 1.165) is 38.9 Å². The Balaban J connectivity index is 1.85. The van der Waals surface area contributed by atoms with E-state index in [1.807, 2.05) is 4.90 Å². The molecule has 0 saturated carbocycles. The molecule has 2 fully saturated rings. The first kappa shape index (κ1) is 12.4. The molecule has 17 heavy (non-hydrogen) atoms. The SMILES string of the molecule is O=C(CN1CCCNCC1=O)N1CCCCC1. The zero-order valence-corrected chi connectivity index (χ0v) is 10.3. The van der Waals surface area contributed by atoms with Crippen molar-refractivity contribution in [2.75, 3.05) is 39.3 Å². The van der Waals surface area contributed by atoms with E-state index in [9.17, 15) is 9.59 Å². The number of nitrogens with zero attached hydrogens (tertiary/aromatic N) is 2. The Morgan fingerprint density at radius 3 is 2.65 bits per heavy atom. The Hall–Kier alpha value is -1.10. The van der Waals surface area contributed by atoms with E-state index in [1.54, 1.807) is 4.90 Å². The Morgan fingerprint density at radius 2 is 1.88 bits per heavy atom. The number of rotatable bonds is 2. The third-order valence-corrected chi connectivity index (χ3v) is 3.45. The van der Waals surface area contributed by atoms with Gasteiger partial charge in [-0.1, -0.05) is 0 Å². The smallest absolute Gasteiger partial charge is 0.242 e. The van der Waals surface area contributed by atoms with Gasteiger partial charge in [-0.05, 0) is 32.2 Å². The molecule has 2 aliphatic rings. The zero-order valence-electron chi connectivity index (χ0n) is 10.3. The van der Waals surface area contributed by atoms with Crippen LogP contribution in [-0.2, 0) is 9.59 Å². The van der Waals surface area contributed by atoms with Gasteiger partial charge in [-0.3, -0.25) is 9.59 Å². The maximum atomic E-state index is 12.0. The Labute approximate surface area is 102 Å². The van der Waals surface area contributed by atoms with Crippen LogP contribution < -0.4 is 5.32 Å². The highest BCUT2D eigenvalue weighted by atomic mass is 16.2. The van der Waals surface area contributed by atoms with Crippen molar-refractivity contribution in [1.82, 2.24) is 15.1 Å². The highest BCUT2D eigenvalue weighted by Crippen LogP contribution is 2.09. The van der Waals surface area contributed by atoms with Crippen LogP contribution in [0.4, 0.5) is 0 Å². The van der Waals surface area contributed by atoms with Crippen molar-refractivity contribution in [2.24, 2.45) is 0 Å². The highest BCUT2D eigenvalue weighted by Gasteiger charge is 2.23. The molecule has 0 radical (unpaired) electrons. The third kappa shape index (κ3) is 3.43. The van der Waals surface area contributed by atoms with Crippen LogP contribution in [0.3, 0.4) is 0 Å². The summed E-state index contributed by atoms with van der Waals surface area (Å²) in [5, 5.41) is 3.06. The topological polar surface area (TPSA) is 52.7 Å². The van der Waals surface area contributed by atoms with Crippen molar-refractivity contribution in [1.29, 1.82) is 0 Å². The molecular formula is C12H21N3O2. The van der Waals surface area contributed by atoms with Crippen LogP contribution in [0.2, 0.25) is 0 Å². The van der Waals surface area contributed by atoms with Gasteiger partial charge in [0.15, 0.2) is 0 Å². The molecule has 1 N–H and O–H groups in total. The number of carbonyl (C=O) groups excluding carboxylic acids is 2. The molecule has 5 nitrogen and oxygen atoms in total. The second-order valence-electron chi connectivity index (χ2n) is 4.79. The lowest BCUT2D eigenvalue weighted by Crippen LogP contribution is -2.45. The van der Waals surface area contributed by atoms with Gasteiger partial charge in [-0.15, -0.1) is 0 Å². The summed E-state index contributed by atoms with van der Waals surface area (Å²) in [6.45, 7) is 3.91. The fraction of sp³-hybridized carbons (Fsp3) is 0.833. The van der Waals surface area contributed by atoms with Gasteiger partial charge in [0.25, 0.3) is 0 Å². The van der Waals surface area contributed by atoms with Crippen LogP contribution in [0.25, 0.3) is 0 Å². The molecule has 0 aromatic carbocycles. The first-order valence-electron chi connectivity index (χ1n) is 6.53. The second-order valence-corrected chi connectivity index (χ2v) is 4.79. The number of piperidine rings is 1. The van der Waals surface area contributed by atoms with Crippen LogP contribution in [0, 0.1) is 0 Å². The molecule has 0 unspecified atom stereocenters. The molecule has 0 aliphatic carbocycles. The molecule has 96 valence electrons. The summed E-state index contributed by atoms with van der Waals surface area (Å²) < 4.78 is 0. The molecule has 2 amide bonds. The lowest BCUT2D eigenvalue weighted by Gasteiger charge is -2.29. The molecule has 0 atom stereocenters. The number of carbonyl (C=O) groups is 2. The predicted molar refractivity (Wildman–Crippen MR) is 64.5 cm³/mol. The predicted octanol–water partition coefficient (Wildman–Crippen LogP) is -0.179. The van der Waals surface area contributed by atoms with Gasteiger partial charge in [-0.2, -0.15) is 0 Å². The summed E-state index contributed by atoms with van der Waals surface area (Å²) in [5.74, 6) is 0.160. The van der Waals surface area contributed by atoms with Crippen molar-refractivity contribution in [2.45, 2.75) is 25.7 Å². The van der Waals surface area contributed by atoms with E-state index in [4.69, 9.17) is 0 Å². The normalized spacial score (nSPS) is 22.5. The van der Waals surface area contributed by atoms with Gasteiger partial charge in [0, 0.05) is 19.6 Å². The lowest BCUT2D eigenvalue weighted by molar-refractivity contribution is -0.140. The van der Waals surface area contributed by atoms with Crippen LogP contribution in [0.15, 0.2) is 0 Å². The number of nitrogens with one attached hydrogen (secondary N) is 1. The van der Waals surface area contributed by atoms with Crippen LogP contribution in [-0.4, -0.2) is 60.9 Å². The van der Waals surface area contributed by atoms with E-state index in [1.165, 1.54) is 6.42 Å². The number of hydrogen-bond donors (Lipinski definition) is 1. The van der Waals surface area contributed by atoms with Gasteiger partial charge in [-0.25, -0.2) is 0 Å². The Kier molecular flexibility index (Phi) is 4.36. The minimum absolute atomic E-state index is 0.0489. The number of likely N-dealkylation sites (tertiary alicyclic amines) is 1. The quantitative estimate of drug-likeness (QED) is 0.727. The van der Waals surface area contributed by atoms with Crippen molar-refractivity contribution in [3.05, 3.63) is 0 Å². The zero-order chi connectivity index (χ0) is 12.1. The van der Waals surface area contributed by atoms with E-state index in [-0.39, 0.29) is 18.4 Å². The van der Waals surface area contributed by atoms with E-state index in [0.29, 0.717) is 13.1 Å². The van der Waals surface area contributed by atoms with Crippen molar-refractivity contribution in [3.8, 4) is 0 Å². The maximum Gasteiger partial charge on any atom is 0.242 e. The largest absolute Gasteiger partial charge is 0.341 e. The molecule has 5 heteroatoms. The minimum Gasteiger partial charge on any atom is -0.341 e. The number of hydrogen-bond acceptors (Lipinski definition) is 3. The first-order valence-corrected chi connectivity index (χ1v) is 6.53. The highest BCUT2D eigenvalue weighted by molar-refractivity contribution is 5.85. The van der Waals surface area contributed by atoms with E-state index >= 15 is 0 Å². The molecule has 0 spiro atoms. The summed E-state index contributed by atoms with van der Waals surface area (Å²) in [7, 11) is 0. The van der Waals surface area contributed by atoms with Gasteiger partial charge < -0.3 is 15.1 Å². The molecule has 2 rings (SSSR count). The Morgan fingerprint density at radius 1 is 1.12 bits per heavy atom. The summed E-state index contributed by atoms with van der Waals surface area (Å²) in [6.07, 6.45) is 4.35. The second kappa shape index (κ2) is 6.00. The molecular weight excluding hydrogens is 218 g/mol. The van der Waals surface area contributed by atoms with E-state index < -0.39 is 0 Å². The average Bonchev–Trinajstić information content (AvgIpc) is 2.56. The molecule has 2 saturated heterocycles. The fourth-order valence-electron chi connectivity index (χ4n) is 2.40. The minimum atomic E-state index is 0.0489. The summed E-state index contributed by atoms with van der Waals surface area (Å²) in [4.78, 5) is 27.4. The van der Waals surface area contributed by atoms with Crippen molar-refractivity contribution >= 4 is 11.8 Å². The van der Waals surface area contributed by atoms with Crippen molar-refractivity contribution in [3.63, 3.8) is 0 Å². The lowest BCUT2D eigenvalue weighted by atomic mass is 10.1. The summed E-state index contributed by atoms with van der Waals surface area (Å²) >= 11 is 0. The third-order valence-electron chi connectivity index (χ3n) is 3.45. The van der Waals surface area contributed by atoms with Crippen LogP contribution >= 0.6 is 0 Å². The van der Waals surface area contributed by atoms with Gasteiger partial charge in [0.1, 0.15) is 0 Å². The molecule has 0 aromatic rings. The van der Waals surface area contributed by atoms with E-state index in [2.05, 4.69) is 5.32 Å². The van der Waals surface area contributed by atoms with Gasteiger partial charge >= 0.3 is 0 Å². The first-order chi connectivity index (χ1) is 8.27. The molecule has 0 bridgehead atoms. The molecule has 2 aliphatic heterocycles. The van der Waals surface area contributed by atoms with Gasteiger partial charge in [0.05, 0.1) is 13.1 Å². The average molecular weight is 239 g/mol. The fourth-order valence-corrected chi connectivity index (χ4v) is 2.40. The maximum absolute atomic E-state index is 12.0. The molecule has 0 aromatic heterocycles. The van der Waals surface area contributed by atoms with Crippen LogP contribution in [0.5, 0.6) is 0 Å². The molecule has 2 heterocycles. The van der Waals surface area contributed by atoms with Gasteiger partial charge in [0.2, 0.25) is 11.8 Å². The number of amides is 2. The Bertz CT molecular complexity index is 287. The summed E-state index contributed by atoms with van der Waals surface area (Å²) in [5.41, 5.74) is 0. The summed E-state index contributed by atoms with van der Waals surface area (Å²) in [6, 6.07) is 0.